The highest BCUT2D eigenvalue weighted by Crippen LogP contribution is 2.45. The lowest BCUT2D eigenvalue weighted by atomic mass is 9.69. The molecule has 0 saturated heterocycles. The van der Waals surface area contributed by atoms with E-state index in [9.17, 15) is 4.79 Å². The summed E-state index contributed by atoms with van der Waals surface area (Å²) in [5, 5.41) is 2.59. The van der Waals surface area contributed by atoms with Crippen LogP contribution in [0.3, 0.4) is 0 Å². The van der Waals surface area contributed by atoms with Crippen LogP contribution >= 0.6 is 0 Å². The number of nitrogens with zero attached hydrogens (tertiary/aromatic N) is 3. The van der Waals surface area contributed by atoms with Crippen molar-refractivity contribution in [1.29, 1.82) is 0 Å². The van der Waals surface area contributed by atoms with Crippen LogP contribution in [0.15, 0.2) is 60.8 Å². The zero-order chi connectivity index (χ0) is 30.2. The third-order valence-electron chi connectivity index (χ3n) is 8.60. The van der Waals surface area contributed by atoms with Gasteiger partial charge in [0.25, 0.3) is 0 Å². The van der Waals surface area contributed by atoms with Crippen LogP contribution in [0.5, 0.6) is 5.75 Å². The second-order valence-electron chi connectivity index (χ2n) is 11.9. The summed E-state index contributed by atoms with van der Waals surface area (Å²) in [4.78, 5) is 20.2. The Bertz CT molecular complexity index is 1630. The molecule has 2 heterocycles. The molecule has 0 radical (unpaired) electrons. The van der Waals surface area contributed by atoms with Gasteiger partial charge in [0.15, 0.2) is 0 Å². The van der Waals surface area contributed by atoms with Gasteiger partial charge in [0.05, 0.1) is 29.4 Å². The van der Waals surface area contributed by atoms with Gasteiger partial charge in [-0.25, -0.2) is 5.84 Å². The van der Waals surface area contributed by atoms with Crippen molar-refractivity contribution in [3.8, 4) is 5.75 Å². The first kappa shape index (κ1) is 29.4. The molecule has 1 aromatic heterocycles. The molecule has 1 aliphatic heterocycles. The van der Waals surface area contributed by atoms with Crippen molar-refractivity contribution in [1.82, 2.24) is 9.88 Å². The predicted octanol–water partition coefficient (Wildman–Crippen LogP) is 5.47. The van der Waals surface area contributed by atoms with Gasteiger partial charge in [-0.2, -0.15) is 0 Å². The number of hydrazine groups is 1. The van der Waals surface area contributed by atoms with Gasteiger partial charge in [0, 0.05) is 49.7 Å². The van der Waals surface area contributed by atoms with Crippen molar-refractivity contribution in [2.75, 3.05) is 38.1 Å². The van der Waals surface area contributed by atoms with E-state index in [1.54, 1.807) is 7.05 Å². The normalized spacial score (nSPS) is 14.5. The molecule has 0 fully saturated rings. The van der Waals surface area contributed by atoms with Gasteiger partial charge in [0.2, 0.25) is 0 Å². The molecule has 0 aliphatic carbocycles. The van der Waals surface area contributed by atoms with Crippen LogP contribution in [0.25, 0.3) is 10.9 Å². The van der Waals surface area contributed by atoms with Crippen LogP contribution in [-0.2, 0) is 22.6 Å². The number of fused-ring (bicyclic) bond motifs is 2. The number of hydrogen-bond donors (Lipinski definition) is 2. The Morgan fingerprint density at radius 2 is 1.95 bits per heavy atom. The molecule has 0 saturated carbocycles. The van der Waals surface area contributed by atoms with Crippen LogP contribution in [0.4, 0.5) is 11.4 Å². The molecule has 220 valence electrons. The maximum atomic E-state index is 13.2. The highest BCUT2D eigenvalue weighted by molar-refractivity contribution is 5.81. The number of benzene rings is 3. The van der Waals surface area contributed by atoms with Crippen molar-refractivity contribution >= 4 is 28.2 Å². The van der Waals surface area contributed by atoms with Crippen LogP contribution in [0.1, 0.15) is 53.1 Å². The Balaban J connectivity index is 1.53. The van der Waals surface area contributed by atoms with E-state index in [1.165, 1.54) is 23.2 Å². The molecule has 1 atom stereocenters. The van der Waals surface area contributed by atoms with Crippen molar-refractivity contribution in [3.63, 3.8) is 0 Å². The molecule has 1 unspecified atom stereocenters. The number of hydrogen-bond acceptors (Lipinski definition) is 8. The summed E-state index contributed by atoms with van der Waals surface area (Å²) in [5.41, 5.74) is 14.4. The molecule has 4 N–H and O–H groups in total. The van der Waals surface area contributed by atoms with Crippen molar-refractivity contribution < 1.29 is 14.3 Å². The van der Waals surface area contributed by atoms with Crippen molar-refractivity contribution in [2.24, 2.45) is 11.3 Å². The second kappa shape index (κ2) is 11.6. The van der Waals surface area contributed by atoms with Crippen molar-refractivity contribution in [2.45, 2.75) is 46.7 Å². The van der Waals surface area contributed by atoms with Gasteiger partial charge >= 0.3 is 5.97 Å². The fourth-order valence-corrected chi connectivity index (χ4v) is 6.14. The Morgan fingerprint density at radius 3 is 2.69 bits per heavy atom. The fourth-order valence-electron chi connectivity index (χ4n) is 6.14. The summed E-state index contributed by atoms with van der Waals surface area (Å²) >= 11 is 0. The summed E-state index contributed by atoms with van der Waals surface area (Å²) in [5.74, 6) is 6.37. The molecule has 1 aliphatic rings. The number of aromatic nitrogens is 1. The van der Waals surface area contributed by atoms with E-state index in [2.05, 4.69) is 53.2 Å². The molecule has 0 bridgehead atoms. The minimum absolute atomic E-state index is 0.283. The molecule has 5 rings (SSSR count). The Morgan fingerprint density at radius 1 is 1.17 bits per heavy atom. The number of ether oxygens (including phenoxy) is 2. The lowest BCUT2D eigenvalue weighted by Gasteiger charge is -2.35. The van der Waals surface area contributed by atoms with E-state index in [4.69, 9.17) is 21.1 Å². The molecule has 3 aromatic carbocycles. The molecule has 4 aromatic rings. The second-order valence-corrected chi connectivity index (χ2v) is 11.9. The molecule has 8 heteroatoms. The highest BCUT2D eigenvalue weighted by atomic mass is 16.5. The number of anilines is 2. The SMILES string of the molecule is COC(=O)C(C)(C)C(c1ccc(C)c(CN2CCOc3cc4cccnc4cc3C2)c1)c1ccc(N(C)N)c(N)c1C. The first-order valence-electron chi connectivity index (χ1n) is 14.3. The van der Waals surface area contributed by atoms with Gasteiger partial charge in [-0.1, -0.05) is 30.3 Å². The zero-order valence-electron chi connectivity index (χ0n) is 25.4. The van der Waals surface area contributed by atoms with E-state index >= 15 is 0 Å². The smallest absolute Gasteiger partial charge is 0.312 e. The van der Waals surface area contributed by atoms with Gasteiger partial charge in [0.1, 0.15) is 12.4 Å². The summed E-state index contributed by atoms with van der Waals surface area (Å²) < 4.78 is 11.5. The number of pyridine rings is 1. The number of aryl methyl sites for hydroxylation is 1. The fraction of sp³-hybridized carbons (Fsp3) is 0.353. The lowest BCUT2D eigenvalue weighted by Crippen LogP contribution is -2.34. The van der Waals surface area contributed by atoms with E-state index in [1.807, 2.05) is 45.2 Å². The summed E-state index contributed by atoms with van der Waals surface area (Å²) in [6.07, 6.45) is 1.82. The number of carbonyl (C=O) groups excluding carboxylic acids is 1. The predicted molar refractivity (Wildman–Crippen MR) is 168 cm³/mol. The third-order valence-corrected chi connectivity index (χ3v) is 8.60. The van der Waals surface area contributed by atoms with Crippen LogP contribution < -0.4 is 21.3 Å². The van der Waals surface area contributed by atoms with Gasteiger partial charge in [-0.05, 0) is 79.8 Å². The number of methoxy groups -OCH3 is 1. The average Bonchev–Trinajstić information content (AvgIpc) is 3.16. The summed E-state index contributed by atoms with van der Waals surface area (Å²) in [6.45, 7) is 10.9. The lowest BCUT2D eigenvalue weighted by molar-refractivity contribution is -0.151. The van der Waals surface area contributed by atoms with Crippen LogP contribution in [0.2, 0.25) is 0 Å². The van der Waals surface area contributed by atoms with E-state index < -0.39 is 5.41 Å². The zero-order valence-corrected chi connectivity index (χ0v) is 25.4. The van der Waals surface area contributed by atoms with Crippen LogP contribution in [0, 0.1) is 19.3 Å². The number of rotatable bonds is 7. The summed E-state index contributed by atoms with van der Waals surface area (Å²) in [7, 11) is 3.20. The highest BCUT2D eigenvalue weighted by Gasteiger charge is 2.41. The molecule has 0 spiro atoms. The molecular weight excluding hydrogens is 526 g/mol. The van der Waals surface area contributed by atoms with Crippen molar-refractivity contribution in [3.05, 3.63) is 94.2 Å². The monoisotopic (exact) mass is 567 g/mol. The molecule has 0 amide bonds. The Hall–Kier alpha value is -4.14. The number of nitrogen functional groups attached to an aromatic ring is 1. The topological polar surface area (TPSA) is 107 Å². The van der Waals surface area contributed by atoms with E-state index in [0.717, 1.165) is 64.2 Å². The van der Waals surface area contributed by atoms with Gasteiger partial charge < -0.3 is 20.2 Å². The van der Waals surface area contributed by atoms with Gasteiger partial charge in [-0.3, -0.25) is 14.7 Å². The van der Waals surface area contributed by atoms with Gasteiger partial charge in [-0.15, -0.1) is 0 Å². The standard InChI is InChI=1S/C34H41N5O3/c1-21-9-10-24(31(34(3,4)33(40)41-6)27-11-12-29(38(5)36)32(35)22(27)2)16-25(21)19-39-14-15-42-30-18-23-8-7-13-37-28(23)17-26(30)20-39/h7-13,16-18,31H,14-15,19-20,35-36H2,1-6H3. The van der Waals surface area contributed by atoms with Crippen LogP contribution in [-0.4, -0.2) is 43.2 Å². The molecule has 42 heavy (non-hydrogen) atoms. The first-order valence-corrected chi connectivity index (χ1v) is 14.3. The number of esters is 1. The van der Waals surface area contributed by atoms with E-state index in [-0.39, 0.29) is 11.9 Å². The third kappa shape index (κ3) is 5.52. The maximum Gasteiger partial charge on any atom is 0.312 e. The average molecular weight is 568 g/mol. The molecule has 8 nitrogen and oxygen atoms in total. The largest absolute Gasteiger partial charge is 0.492 e. The number of nitrogens with two attached hydrogens (primary N) is 2. The Kier molecular flexibility index (Phi) is 8.12. The minimum Gasteiger partial charge on any atom is -0.492 e. The minimum atomic E-state index is -0.863. The maximum absolute atomic E-state index is 13.2. The summed E-state index contributed by atoms with van der Waals surface area (Å²) in [6, 6.07) is 18.7. The Labute approximate surface area is 248 Å². The quantitative estimate of drug-likeness (QED) is 0.131. The number of carbonyl (C=O) groups is 1. The first-order chi connectivity index (χ1) is 20.0. The molecular formula is C34H41N5O3. The van der Waals surface area contributed by atoms with E-state index in [0.29, 0.717) is 12.3 Å².